The molecule has 0 atom stereocenters. The number of carbonyl (C=O) groups excluding carboxylic acids is 1. The van der Waals surface area contributed by atoms with E-state index in [4.69, 9.17) is 16.3 Å². The van der Waals surface area contributed by atoms with Gasteiger partial charge in [-0.3, -0.25) is 9.10 Å². The highest BCUT2D eigenvalue weighted by Crippen LogP contribution is 2.37. The van der Waals surface area contributed by atoms with Gasteiger partial charge in [-0.2, -0.15) is 13.2 Å². The van der Waals surface area contributed by atoms with Crippen molar-refractivity contribution >= 4 is 38.9 Å². The number of halogens is 4. The number of benzene rings is 3. The Morgan fingerprint density at radius 2 is 1.68 bits per heavy atom. The van der Waals surface area contributed by atoms with E-state index in [1.54, 1.807) is 37.3 Å². The molecule has 3 aromatic carbocycles. The zero-order chi connectivity index (χ0) is 24.9. The van der Waals surface area contributed by atoms with Gasteiger partial charge in [0.25, 0.3) is 10.0 Å². The summed E-state index contributed by atoms with van der Waals surface area (Å²) in [5.41, 5.74) is -1.31. The molecule has 34 heavy (non-hydrogen) atoms. The van der Waals surface area contributed by atoms with Gasteiger partial charge in [0.2, 0.25) is 5.91 Å². The lowest BCUT2D eigenvalue weighted by atomic mass is 10.2. The quantitative estimate of drug-likeness (QED) is 0.427. The summed E-state index contributed by atoms with van der Waals surface area (Å²) in [7, 11) is -4.46. The zero-order valence-corrected chi connectivity index (χ0v) is 19.4. The molecule has 0 heterocycles. The molecule has 0 spiro atoms. The predicted octanol–water partition coefficient (Wildman–Crippen LogP) is 5.59. The van der Waals surface area contributed by atoms with Crippen LogP contribution in [0.2, 0.25) is 5.02 Å². The third-order valence-electron chi connectivity index (χ3n) is 4.62. The van der Waals surface area contributed by atoms with Crippen LogP contribution in [0.25, 0.3) is 0 Å². The molecule has 0 aliphatic carbocycles. The first-order chi connectivity index (χ1) is 16.0. The highest BCUT2D eigenvalue weighted by Gasteiger charge is 2.34. The summed E-state index contributed by atoms with van der Waals surface area (Å²) in [6.07, 6.45) is -4.75. The topological polar surface area (TPSA) is 75.7 Å². The van der Waals surface area contributed by atoms with Crippen LogP contribution < -0.4 is 14.4 Å². The van der Waals surface area contributed by atoms with E-state index in [9.17, 15) is 26.4 Å². The lowest BCUT2D eigenvalue weighted by Gasteiger charge is -2.26. The summed E-state index contributed by atoms with van der Waals surface area (Å²) in [6.45, 7) is 1.24. The van der Waals surface area contributed by atoms with Crippen molar-refractivity contribution in [1.29, 1.82) is 0 Å². The van der Waals surface area contributed by atoms with E-state index in [0.717, 1.165) is 12.1 Å². The molecule has 1 N–H and O–H groups in total. The number of para-hydroxylation sites is 2. The number of hydrogen-bond acceptors (Lipinski definition) is 4. The molecule has 0 bridgehead atoms. The number of nitrogens with zero attached hydrogens (tertiary/aromatic N) is 1. The van der Waals surface area contributed by atoms with Crippen LogP contribution in [0.3, 0.4) is 0 Å². The van der Waals surface area contributed by atoms with Crippen LogP contribution in [-0.2, 0) is 21.0 Å². The fourth-order valence-corrected chi connectivity index (χ4v) is 4.79. The van der Waals surface area contributed by atoms with Crippen molar-refractivity contribution in [3.63, 3.8) is 0 Å². The summed E-state index contributed by atoms with van der Waals surface area (Å²) < 4.78 is 72.8. The van der Waals surface area contributed by atoms with Gasteiger partial charge in [0, 0.05) is 0 Å². The average molecular weight is 513 g/mol. The molecule has 11 heteroatoms. The van der Waals surface area contributed by atoms with Crippen molar-refractivity contribution in [2.75, 3.05) is 22.8 Å². The van der Waals surface area contributed by atoms with Gasteiger partial charge < -0.3 is 10.1 Å². The summed E-state index contributed by atoms with van der Waals surface area (Å²) in [5, 5.41) is 2.28. The van der Waals surface area contributed by atoms with Crippen molar-refractivity contribution in [3.05, 3.63) is 83.4 Å². The smallest absolute Gasteiger partial charge is 0.416 e. The highest BCUT2D eigenvalue weighted by atomic mass is 35.5. The van der Waals surface area contributed by atoms with Crippen LogP contribution in [0.1, 0.15) is 12.5 Å². The number of alkyl halides is 3. The molecule has 180 valence electrons. The lowest BCUT2D eigenvalue weighted by molar-refractivity contribution is -0.137. The Morgan fingerprint density at radius 1 is 1.03 bits per heavy atom. The molecule has 0 aliphatic rings. The summed E-state index contributed by atoms with van der Waals surface area (Å²) in [6, 6.07) is 15.8. The van der Waals surface area contributed by atoms with E-state index in [1.165, 1.54) is 24.3 Å². The average Bonchev–Trinajstić information content (AvgIpc) is 2.79. The molecular formula is C23H20ClF3N2O4S. The molecule has 0 radical (unpaired) electrons. The molecule has 3 rings (SSSR count). The van der Waals surface area contributed by atoms with Crippen molar-refractivity contribution < 1.29 is 31.1 Å². The number of hydrogen-bond donors (Lipinski definition) is 1. The predicted molar refractivity (Wildman–Crippen MR) is 124 cm³/mol. The second kappa shape index (κ2) is 10.4. The Kier molecular flexibility index (Phi) is 7.73. The van der Waals surface area contributed by atoms with Crippen LogP contribution in [0.5, 0.6) is 5.75 Å². The number of nitrogens with one attached hydrogen (secondary N) is 1. The maximum atomic E-state index is 13.4. The Morgan fingerprint density at radius 3 is 2.32 bits per heavy atom. The molecule has 1 amide bonds. The van der Waals surface area contributed by atoms with Crippen molar-refractivity contribution in [3.8, 4) is 5.75 Å². The molecule has 0 aliphatic heterocycles. The molecule has 0 unspecified atom stereocenters. The van der Waals surface area contributed by atoms with Gasteiger partial charge in [0.05, 0.1) is 33.5 Å². The fourth-order valence-electron chi connectivity index (χ4n) is 3.07. The van der Waals surface area contributed by atoms with E-state index >= 15 is 0 Å². The second-order valence-electron chi connectivity index (χ2n) is 6.97. The van der Waals surface area contributed by atoms with Crippen LogP contribution in [0, 0.1) is 0 Å². The Labute approximate surface area is 200 Å². The summed E-state index contributed by atoms with van der Waals surface area (Å²) in [4.78, 5) is 12.7. The molecule has 0 saturated carbocycles. The van der Waals surface area contributed by atoms with Gasteiger partial charge >= 0.3 is 6.18 Å². The number of sulfonamides is 1. The van der Waals surface area contributed by atoms with Crippen LogP contribution in [0.4, 0.5) is 24.5 Å². The van der Waals surface area contributed by atoms with E-state index in [2.05, 4.69) is 5.32 Å². The number of carbonyl (C=O) groups is 1. The molecule has 0 saturated heterocycles. The van der Waals surface area contributed by atoms with Crippen molar-refractivity contribution in [2.45, 2.75) is 18.0 Å². The normalized spacial score (nSPS) is 11.7. The van der Waals surface area contributed by atoms with Crippen LogP contribution in [0.15, 0.2) is 77.7 Å². The molecule has 6 nitrogen and oxygen atoms in total. The molecular weight excluding hydrogens is 493 g/mol. The third-order valence-corrected chi connectivity index (χ3v) is 6.72. The third kappa shape index (κ3) is 5.81. The van der Waals surface area contributed by atoms with Gasteiger partial charge in [-0.15, -0.1) is 0 Å². The number of rotatable bonds is 8. The Hall–Kier alpha value is -3.24. The standard InChI is InChI=1S/C23H20ClF3N2O4S/c1-2-33-21-11-7-6-10-19(21)28-22(30)15-29(34(31,32)17-8-4-3-5-9-17)20-14-16(23(25,26)27)12-13-18(20)24/h3-14H,2,15H2,1H3,(H,28,30). The fraction of sp³-hybridized carbons (Fsp3) is 0.174. The van der Waals surface area contributed by atoms with E-state index < -0.39 is 39.9 Å². The van der Waals surface area contributed by atoms with Gasteiger partial charge in [-0.1, -0.05) is 41.9 Å². The van der Waals surface area contributed by atoms with Gasteiger partial charge in [-0.05, 0) is 49.4 Å². The van der Waals surface area contributed by atoms with Crippen LogP contribution in [-0.4, -0.2) is 27.5 Å². The zero-order valence-electron chi connectivity index (χ0n) is 17.8. The van der Waals surface area contributed by atoms with Crippen molar-refractivity contribution in [1.82, 2.24) is 0 Å². The van der Waals surface area contributed by atoms with E-state index in [-0.39, 0.29) is 15.6 Å². The van der Waals surface area contributed by atoms with Gasteiger partial charge in [0.1, 0.15) is 12.3 Å². The monoisotopic (exact) mass is 512 g/mol. The van der Waals surface area contributed by atoms with Crippen molar-refractivity contribution in [2.24, 2.45) is 0 Å². The lowest BCUT2D eigenvalue weighted by Crippen LogP contribution is -2.38. The summed E-state index contributed by atoms with van der Waals surface area (Å²) >= 11 is 6.12. The minimum Gasteiger partial charge on any atom is -0.492 e. The number of ether oxygens (including phenoxy) is 1. The van der Waals surface area contributed by atoms with Crippen LogP contribution >= 0.6 is 11.6 Å². The Bertz CT molecular complexity index is 1270. The number of anilines is 2. The van der Waals surface area contributed by atoms with E-state index in [0.29, 0.717) is 22.7 Å². The maximum absolute atomic E-state index is 13.4. The Balaban J connectivity index is 2.05. The minimum atomic E-state index is -4.75. The van der Waals surface area contributed by atoms with E-state index in [1.807, 2.05) is 0 Å². The SMILES string of the molecule is CCOc1ccccc1NC(=O)CN(c1cc(C(F)(F)F)ccc1Cl)S(=O)(=O)c1ccccc1. The second-order valence-corrected chi connectivity index (χ2v) is 9.24. The highest BCUT2D eigenvalue weighted by molar-refractivity contribution is 7.92. The van der Waals surface area contributed by atoms with Gasteiger partial charge in [0.15, 0.2) is 0 Å². The minimum absolute atomic E-state index is 0.217. The molecule has 0 aromatic heterocycles. The first-order valence-corrected chi connectivity index (χ1v) is 11.8. The molecule has 3 aromatic rings. The maximum Gasteiger partial charge on any atom is 0.416 e. The van der Waals surface area contributed by atoms with Gasteiger partial charge in [-0.25, -0.2) is 8.42 Å². The first-order valence-electron chi connectivity index (χ1n) is 10.00. The number of amides is 1. The first kappa shape index (κ1) is 25.4. The largest absolute Gasteiger partial charge is 0.492 e. The molecule has 0 fully saturated rings. The summed E-state index contributed by atoms with van der Waals surface area (Å²) in [5.74, 6) is -0.451.